The van der Waals surface area contributed by atoms with Crippen LogP contribution < -0.4 is 5.32 Å². The minimum absolute atomic E-state index is 0.546. The van der Waals surface area contributed by atoms with E-state index >= 15 is 0 Å². The molecule has 19 heavy (non-hydrogen) atoms. The number of hydrogen-bond donors (Lipinski definition) is 1. The summed E-state index contributed by atoms with van der Waals surface area (Å²) < 4.78 is 5.03. The predicted octanol–water partition coefficient (Wildman–Crippen LogP) is 1.57. The first-order valence-corrected chi connectivity index (χ1v) is 7.03. The van der Waals surface area contributed by atoms with Gasteiger partial charge in [-0.15, -0.1) is 0 Å². The van der Waals surface area contributed by atoms with Gasteiger partial charge in [0.2, 0.25) is 0 Å². The topological polar surface area (TPSA) is 37.4 Å². The highest BCUT2D eigenvalue weighted by Gasteiger charge is 2.08. The van der Waals surface area contributed by atoms with E-state index in [0.29, 0.717) is 6.04 Å². The Labute approximate surface area is 117 Å². The maximum absolute atomic E-state index is 5.03. The number of nitrogens with one attached hydrogen (secondary N) is 1. The fourth-order valence-corrected chi connectivity index (χ4v) is 1.88. The molecule has 0 aliphatic heterocycles. The van der Waals surface area contributed by atoms with E-state index in [1.165, 1.54) is 5.56 Å². The molecule has 0 aromatic carbocycles. The molecule has 0 saturated heterocycles. The molecule has 0 radical (unpaired) electrons. The fraction of sp³-hybridized carbons (Fsp3) is 0.667. The van der Waals surface area contributed by atoms with Crippen LogP contribution in [0, 0.1) is 0 Å². The molecule has 0 bridgehead atoms. The van der Waals surface area contributed by atoms with E-state index in [4.69, 9.17) is 4.74 Å². The summed E-state index contributed by atoms with van der Waals surface area (Å²) in [4.78, 5) is 6.43. The maximum atomic E-state index is 5.03. The second-order valence-electron chi connectivity index (χ2n) is 4.99. The first kappa shape index (κ1) is 16.1. The summed E-state index contributed by atoms with van der Waals surface area (Å²) in [5, 5.41) is 3.47. The Hall–Kier alpha value is -0.970. The summed E-state index contributed by atoms with van der Waals surface area (Å²) in [6, 6.07) is 4.72. The Morgan fingerprint density at radius 3 is 2.79 bits per heavy atom. The average Bonchev–Trinajstić information content (AvgIpc) is 2.45. The van der Waals surface area contributed by atoms with Crippen LogP contribution in [0.2, 0.25) is 0 Å². The number of likely N-dealkylation sites (N-methyl/N-ethyl adjacent to an activating group) is 1. The van der Waals surface area contributed by atoms with E-state index in [2.05, 4.69) is 41.3 Å². The summed E-state index contributed by atoms with van der Waals surface area (Å²) in [7, 11) is 3.93. The van der Waals surface area contributed by atoms with Crippen molar-refractivity contribution >= 4 is 0 Å². The fourth-order valence-electron chi connectivity index (χ4n) is 1.88. The predicted molar refractivity (Wildman–Crippen MR) is 79.4 cm³/mol. The van der Waals surface area contributed by atoms with Crippen LogP contribution in [0.15, 0.2) is 24.5 Å². The number of nitrogens with zero attached hydrogens (tertiary/aromatic N) is 2. The van der Waals surface area contributed by atoms with Crippen LogP contribution in [-0.4, -0.2) is 56.3 Å². The molecular formula is C15H27N3O. The summed E-state index contributed by atoms with van der Waals surface area (Å²) >= 11 is 0. The van der Waals surface area contributed by atoms with E-state index in [1.807, 2.05) is 12.4 Å². The molecule has 0 saturated carbocycles. The number of rotatable bonds is 10. The molecule has 0 spiro atoms. The van der Waals surface area contributed by atoms with Crippen LogP contribution in [-0.2, 0) is 11.2 Å². The molecule has 1 N–H and O–H groups in total. The molecule has 1 heterocycles. The summed E-state index contributed by atoms with van der Waals surface area (Å²) in [6.45, 7) is 6.22. The highest BCUT2D eigenvalue weighted by molar-refractivity contribution is 5.09. The van der Waals surface area contributed by atoms with Crippen LogP contribution in [0.1, 0.15) is 18.9 Å². The molecule has 0 aliphatic rings. The molecule has 1 aromatic rings. The minimum atomic E-state index is 0.546. The van der Waals surface area contributed by atoms with Crippen molar-refractivity contribution in [2.45, 2.75) is 25.8 Å². The van der Waals surface area contributed by atoms with E-state index < -0.39 is 0 Å². The smallest absolute Gasteiger partial charge is 0.0474 e. The van der Waals surface area contributed by atoms with Gasteiger partial charge in [-0.05, 0) is 51.1 Å². The molecule has 0 aliphatic carbocycles. The van der Waals surface area contributed by atoms with Gasteiger partial charge in [0, 0.05) is 45.2 Å². The largest absolute Gasteiger partial charge is 0.385 e. The van der Waals surface area contributed by atoms with Crippen molar-refractivity contribution in [2.24, 2.45) is 0 Å². The molecule has 0 amide bonds. The lowest BCUT2D eigenvalue weighted by Gasteiger charge is -2.25. The van der Waals surface area contributed by atoms with Gasteiger partial charge in [-0.25, -0.2) is 0 Å². The minimum Gasteiger partial charge on any atom is -0.385 e. The van der Waals surface area contributed by atoms with Crippen LogP contribution >= 0.6 is 0 Å². The van der Waals surface area contributed by atoms with Crippen LogP contribution in [0.5, 0.6) is 0 Å². The highest BCUT2D eigenvalue weighted by Crippen LogP contribution is 2.01. The molecule has 0 fully saturated rings. The second-order valence-corrected chi connectivity index (χ2v) is 4.99. The Morgan fingerprint density at radius 2 is 2.11 bits per heavy atom. The molecule has 1 atom stereocenters. The van der Waals surface area contributed by atoms with E-state index in [9.17, 15) is 0 Å². The van der Waals surface area contributed by atoms with Gasteiger partial charge in [0.25, 0.3) is 0 Å². The zero-order chi connectivity index (χ0) is 13.9. The third-order valence-corrected chi connectivity index (χ3v) is 3.40. The summed E-state index contributed by atoms with van der Waals surface area (Å²) in [5.41, 5.74) is 1.35. The SMILES string of the molecule is COCCCNCC(C)N(C)CCc1ccncc1. The van der Waals surface area contributed by atoms with Crippen LogP contribution in [0.4, 0.5) is 0 Å². The third-order valence-electron chi connectivity index (χ3n) is 3.40. The lowest BCUT2D eigenvalue weighted by molar-refractivity contribution is 0.192. The van der Waals surface area contributed by atoms with Crippen LogP contribution in [0.3, 0.4) is 0 Å². The molecular weight excluding hydrogens is 238 g/mol. The number of ether oxygens (including phenoxy) is 1. The zero-order valence-electron chi connectivity index (χ0n) is 12.4. The average molecular weight is 265 g/mol. The number of pyridine rings is 1. The zero-order valence-corrected chi connectivity index (χ0v) is 12.4. The normalized spacial score (nSPS) is 12.8. The van der Waals surface area contributed by atoms with Crippen molar-refractivity contribution in [2.75, 3.05) is 40.4 Å². The monoisotopic (exact) mass is 265 g/mol. The quantitative estimate of drug-likeness (QED) is 0.652. The first-order chi connectivity index (χ1) is 9.24. The van der Waals surface area contributed by atoms with Crippen molar-refractivity contribution in [3.05, 3.63) is 30.1 Å². The lowest BCUT2D eigenvalue weighted by Crippen LogP contribution is -2.39. The maximum Gasteiger partial charge on any atom is 0.0474 e. The van der Waals surface area contributed by atoms with Gasteiger partial charge in [0.1, 0.15) is 0 Å². The number of methoxy groups -OCH3 is 1. The van der Waals surface area contributed by atoms with Crippen molar-refractivity contribution in [1.29, 1.82) is 0 Å². The molecule has 1 unspecified atom stereocenters. The summed E-state index contributed by atoms with van der Waals surface area (Å²) in [6.07, 6.45) is 5.86. The molecule has 108 valence electrons. The van der Waals surface area contributed by atoms with E-state index in [1.54, 1.807) is 7.11 Å². The Balaban J connectivity index is 2.12. The van der Waals surface area contributed by atoms with Crippen molar-refractivity contribution < 1.29 is 4.74 Å². The lowest BCUT2D eigenvalue weighted by atomic mass is 10.2. The van der Waals surface area contributed by atoms with Gasteiger partial charge in [0.05, 0.1) is 0 Å². The van der Waals surface area contributed by atoms with Crippen molar-refractivity contribution in [1.82, 2.24) is 15.2 Å². The van der Waals surface area contributed by atoms with Gasteiger partial charge >= 0.3 is 0 Å². The molecule has 1 rings (SSSR count). The van der Waals surface area contributed by atoms with Gasteiger partial charge in [-0.1, -0.05) is 0 Å². The Kier molecular flexibility index (Phi) is 8.38. The van der Waals surface area contributed by atoms with Gasteiger partial charge in [0.15, 0.2) is 0 Å². The molecule has 4 nitrogen and oxygen atoms in total. The molecule has 4 heteroatoms. The molecule has 1 aromatic heterocycles. The van der Waals surface area contributed by atoms with E-state index in [0.717, 1.165) is 39.1 Å². The Morgan fingerprint density at radius 1 is 1.37 bits per heavy atom. The second kappa shape index (κ2) is 9.89. The van der Waals surface area contributed by atoms with Gasteiger partial charge in [-0.2, -0.15) is 0 Å². The van der Waals surface area contributed by atoms with Gasteiger partial charge < -0.3 is 15.0 Å². The van der Waals surface area contributed by atoms with Crippen molar-refractivity contribution in [3.63, 3.8) is 0 Å². The summed E-state index contributed by atoms with van der Waals surface area (Å²) in [5.74, 6) is 0. The number of aromatic nitrogens is 1. The van der Waals surface area contributed by atoms with E-state index in [-0.39, 0.29) is 0 Å². The standard InChI is InChI=1S/C15H27N3O/c1-14(13-17-8-4-12-19-3)18(2)11-7-15-5-9-16-10-6-15/h5-6,9-10,14,17H,4,7-8,11-13H2,1-3H3. The van der Waals surface area contributed by atoms with Crippen LogP contribution in [0.25, 0.3) is 0 Å². The van der Waals surface area contributed by atoms with Crippen molar-refractivity contribution in [3.8, 4) is 0 Å². The third kappa shape index (κ3) is 7.25. The number of hydrogen-bond acceptors (Lipinski definition) is 4. The first-order valence-electron chi connectivity index (χ1n) is 7.03. The van der Waals surface area contributed by atoms with Gasteiger partial charge in [-0.3, -0.25) is 4.98 Å². The highest BCUT2D eigenvalue weighted by atomic mass is 16.5. The Bertz CT molecular complexity index is 318.